The Morgan fingerprint density at radius 2 is 1.82 bits per heavy atom. The molecule has 3 aliphatic heterocycles. The molecule has 8 nitrogen and oxygen atoms in total. The molecule has 6 rings (SSSR count). The van der Waals surface area contributed by atoms with Gasteiger partial charge in [0, 0.05) is 41.5 Å². The van der Waals surface area contributed by atoms with E-state index >= 15 is 0 Å². The number of H-pyrrole nitrogens is 1. The molecule has 0 bridgehead atoms. The van der Waals surface area contributed by atoms with Gasteiger partial charge in [0.1, 0.15) is 5.54 Å². The lowest BCUT2D eigenvalue weighted by molar-refractivity contribution is -0.143. The number of imide groups is 1. The highest BCUT2D eigenvalue weighted by Crippen LogP contribution is 2.53. The fourth-order valence-corrected chi connectivity index (χ4v) is 5.93. The van der Waals surface area contributed by atoms with Crippen LogP contribution in [-0.4, -0.2) is 53.9 Å². The summed E-state index contributed by atoms with van der Waals surface area (Å²) >= 11 is 0. The van der Waals surface area contributed by atoms with Gasteiger partial charge in [0.05, 0.1) is 25.0 Å². The highest BCUT2D eigenvalue weighted by molar-refractivity contribution is 6.15. The third kappa shape index (κ3) is 2.68. The summed E-state index contributed by atoms with van der Waals surface area (Å²) in [5.74, 6) is -2.29. The molecule has 33 heavy (non-hydrogen) atoms. The predicted octanol–water partition coefficient (Wildman–Crippen LogP) is 1.78. The van der Waals surface area contributed by atoms with E-state index in [1.807, 2.05) is 54.7 Å². The summed E-state index contributed by atoms with van der Waals surface area (Å²) in [5.41, 5.74) is 2.18. The van der Waals surface area contributed by atoms with E-state index in [1.54, 1.807) is 0 Å². The number of likely N-dealkylation sites (tertiary alicyclic amines) is 1. The van der Waals surface area contributed by atoms with Gasteiger partial charge < -0.3 is 15.0 Å². The van der Waals surface area contributed by atoms with Crippen molar-refractivity contribution >= 4 is 34.3 Å². The molecule has 0 radical (unpaired) electrons. The second-order valence-electron chi connectivity index (χ2n) is 8.95. The number of ether oxygens (including phenoxy) is 1. The van der Waals surface area contributed by atoms with Gasteiger partial charge in [-0.2, -0.15) is 0 Å². The Hall–Kier alpha value is -3.49. The summed E-state index contributed by atoms with van der Waals surface area (Å²) in [4.78, 5) is 45.1. The van der Waals surface area contributed by atoms with E-state index in [2.05, 4.69) is 15.6 Å². The van der Waals surface area contributed by atoms with Crippen LogP contribution in [0.5, 0.6) is 0 Å². The minimum atomic E-state index is -1.27. The molecule has 1 aromatic heterocycles. The maximum absolute atomic E-state index is 13.6. The summed E-state index contributed by atoms with van der Waals surface area (Å²) in [6.45, 7) is 0.438. The minimum absolute atomic E-state index is 0.181. The Kier molecular flexibility index (Phi) is 4.43. The first-order chi connectivity index (χ1) is 16.1. The molecule has 8 heteroatoms. The topological polar surface area (TPSA) is 104 Å². The van der Waals surface area contributed by atoms with Gasteiger partial charge in [-0.3, -0.25) is 24.6 Å². The van der Waals surface area contributed by atoms with Gasteiger partial charge in [-0.1, -0.05) is 36.4 Å². The van der Waals surface area contributed by atoms with Crippen molar-refractivity contribution in [1.82, 2.24) is 15.2 Å². The number of nitrogens with one attached hydrogen (secondary N) is 3. The second kappa shape index (κ2) is 7.26. The molecule has 3 amide bonds. The molecule has 2 aromatic carbocycles. The number of aromatic nitrogens is 1. The number of rotatable bonds is 5. The van der Waals surface area contributed by atoms with Gasteiger partial charge in [0.15, 0.2) is 0 Å². The van der Waals surface area contributed by atoms with Gasteiger partial charge in [-0.05, 0) is 24.1 Å². The van der Waals surface area contributed by atoms with Crippen molar-refractivity contribution in [1.29, 1.82) is 0 Å². The summed E-state index contributed by atoms with van der Waals surface area (Å²) in [6.07, 6.45) is 2.46. The van der Waals surface area contributed by atoms with Crippen molar-refractivity contribution in [3.63, 3.8) is 0 Å². The van der Waals surface area contributed by atoms with Crippen molar-refractivity contribution < 1.29 is 19.1 Å². The zero-order chi connectivity index (χ0) is 22.7. The Balaban J connectivity index is 1.46. The van der Waals surface area contributed by atoms with Crippen LogP contribution < -0.4 is 10.6 Å². The molecule has 168 valence electrons. The third-order valence-corrected chi connectivity index (χ3v) is 7.35. The lowest BCUT2D eigenvalue weighted by Crippen LogP contribution is -2.53. The smallest absolute Gasteiger partial charge is 0.250 e. The summed E-state index contributed by atoms with van der Waals surface area (Å²) in [6, 6.07) is 15.0. The third-order valence-electron chi connectivity index (χ3n) is 7.35. The van der Waals surface area contributed by atoms with Gasteiger partial charge in [-0.25, -0.2) is 0 Å². The standard InChI is InChI=1S/C25H24N4O4/c1-33-11-10-29-22(30)20-19(12-14-13-26-17-8-4-2-6-15(14)17)28-25(21(20)23(29)31)16-7-3-5-9-18(16)27-24(25)32/h2-9,13,19-21,26,28H,10-12H2,1H3,(H,27,32)/t19-,20-,21+,25-/m1/s1. The van der Waals surface area contributed by atoms with Crippen LogP contribution in [0.2, 0.25) is 0 Å². The Bertz CT molecular complexity index is 1300. The molecule has 2 saturated heterocycles. The predicted molar refractivity (Wildman–Crippen MR) is 121 cm³/mol. The molecule has 1 spiro atoms. The zero-order valence-electron chi connectivity index (χ0n) is 18.1. The number of carbonyl (C=O) groups is 3. The van der Waals surface area contributed by atoms with Crippen molar-refractivity contribution in [3.8, 4) is 0 Å². The van der Waals surface area contributed by atoms with E-state index in [0.717, 1.165) is 22.0 Å². The summed E-state index contributed by atoms with van der Waals surface area (Å²) < 4.78 is 5.13. The number of hydrogen-bond donors (Lipinski definition) is 3. The van der Waals surface area contributed by atoms with Crippen molar-refractivity contribution in [2.45, 2.75) is 18.0 Å². The first kappa shape index (κ1) is 20.1. The van der Waals surface area contributed by atoms with Gasteiger partial charge >= 0.3 is 0 Å². The molecule has 0 unspecified atom stereocenters. The van der Waals surface area contributed by atoms with Gasteiger partial charge in [0.2, 0.25) is 17.7 Å². The Morgan fingerprint density at radius 1 is 1.03 bits per heavy atom. The number of hydrogen-bond acceptors (Lipinski definition) is 5. The van der Waals surface area contributed by atoms with Crippen LogP contribution in [0.1, 0.15) is 11.1 Å². The van der Waals surface area contributed by atoms with Crippen LogP contribution in [0.3, 0.4) is 0 Å². The molecule has 0 saturated carbocycles. The maximum atomic E-state index is 13.6. The first-order valence-electron chi connectivity index (χ1n) is 11.1. The molecule has 3 aromatic rings. The monoisotopic (exact) mass is 444 g/mol. The van der Waals surface area contributed by atoms with Crippen LogP contribution in [0.25, 0.3) is 10.9 Å². The lowest BCUT2D eigenvalue weighted by atomic mass is 9.76. The minimum Gasteiger partial charge on any atom is -0.383 e. The van der Waals surface area contributed by atoms with Crippen molar-refractivity contribution in [2.75, 3.05) is 25.6 Å². The van der Waals surface area contributed by atoms with Gasteiger partial charge in [0.25, 0.3) is 0 Å². The average Bonchev–Trinajstić information content (AvgIpc) is 3.53. The molecular formula is C25H24N4O4. The van der Waals surface area contributed by atoms with Crippen molar-refractivity contribution in [2.24, 2.45) is 11.8 Å². The van der Waals surface area contributed by atoms with Crippen LogP contribution in [0, 0.1) is 11.8 Å². The highest BCUT2D eigenvalue weighted by Gasteiger charge is 2.70. The summed E-state index contributed by atoms with van der Waals surface area (Å²) in [7, 11) is 1.54. The number of anilines is 1. The lowest BCUT2D eigenvalue weighted by Gasteiger charge is -2.29. The number of nitrogens with zero attached hydrogens (tertiary/aromatic N) is 1. The maximum Gasteiger partial charge on any atom is 0.250 e. The summed E-state index contributed by atoms with van der Waals surface area (Å²) in [5, 5.41) is 7.49. The number of carbonyl (C=O) groups excluding carboxylic acids is 3. The Morgan fingerprint density at radius 3 is 2.67 bits per heavy atom. The number of fused-ring (bicyclic) bond motifs is 5. The molecule has 0 aliphatic carbocycles. The van der Waals surface area contributed by atoms with Crippen LogP contribution in [-0.2, 0) is 31.1 Å². The largest absolute Gasteiger partial charge is 0.383 e. The molecule has 2 fully saturated rings. The van der Waals surface area contributed by atoms with Gasteiger partial charge in [-0.15, -0.1) is 0 Å². The Labute approximate surface area is 190 Å². The number of benzene rings is 2. The molecule has 4 atom stereocenters. The molecule has 3 N–H and O–H groups in total. The number of methoxy groups -OCH3 is 1. The van der Waals surface area contributed by atoms with E-state index in [0.29, 0.717) is 12.1 Å². The SMILES string of the molecule is COCCN1C(=O)[C@H]2[C@@H](C1=O)[C@@]1(N[C@@H]2Cc2c[nH]c3ccccc23)C(=O)Nc2ccccc21. The van der Waals surface area contributed by atoms with E-state index in [1.165, 1.54) is 12.0 Å². The van der Waals surface area contributed by atoms with E-state index in [9.17, 15) is 14.4 Å². The highest BCUT2D eigenvalue weighted by atomic mass is 16.5. The number of amides is 3. The normalized spacial score (nSPS) is 28.1. The van der Waals surface area contributed by atoms with E-state index < -0.39 is 17.4 Å². The number of aromatic amines is 1. The number of para-hydroxylation sites is 2. The molecular weight excluding hydrogens is 420 g/mol. The second-order valence-corrected chi connectivity index (χ2v) is 8.95. The van der Waals surface area contributed by atoms with Crippen LogP contribution in [0.15, 0.2) is 54.7 Å². The fraction of sp³-hybridized carbons (Fsp3) is 0.320. The fourth-order valence-electron chi connectivity index (χ4n) is 5.93. The van der Waals surface area contributed by atoms with Crippen LogP contribution in [0.4, 0.5) is 5.69 Å². The molecule has 3 aliphatic rings. The van der Waals surface area contributed by atoms with E-state index in [4.69, 9.17) is 4.74 Å². The quantitative estimate of drug-likeness (QED) is 0.521. The van der Waals surface area contributed by atoms with Crippen molar-refractivity contribution in [3.05, 3.63) is 65.9 Å². The average molecular weight is 444 g/mol. The first-order valence-corrected chi connectivity index (χ1v) is 11.1. The molecule has 4 heterocycles. The van der Waals surface area contributed by atoms with Crippen LogP contribution >= 0.6 is 0 Å². The zero-order valence-corrected chi connectivity index (χ0v) is 18.1. The van der Waals surface area contributed by atoms with E-state index in [-0.39, 0.29) is 36.9 Å².